The first kappa shape index (κ1) is 28.5. The lowest BCUT2D eigenvalue weighted by Gasteiger charge is -2.30. The van der Waals surface area contributed by atoms with Gasteiger partial charge in [-0.3, -0.25) is 0 Å². The van der Waals surface area contributed by atoms with Crippen LogP contribution in [0.5, 0.6) is 11.5 Å². The third kappa shape index (κ3) is 7.72. The van der Waals surface area contributed by atoms with Crippen molar-refractivity contribution >= 4 is 10.0 Å². The van der Waals surface area contributed by atoms with E-state index in [1.807, 2.05) is 55.5 Å². The van der Waals surface area contributed by atoms with Gasteiger partial charge in [0.1, 0.15) is 22.9 Å². The third-order valence-electron chi connectivity index (χ3n) is 5.93. The first-order valence-electron chi connectivity index (χ1n) is 11.9. The topological polar surface area (TPSA) is 100 Å². The largest absolute Gasteiger partial charge is 0.497 e. The minimum Gasteiger partial charge on any atom is -0.497 e. The SMILES string of the molecule is COCCOC(c1ncc(C)cn1)C(C)S(=O)(=O)N(Cc1ccc(OC)cc1)Cc1ccc(OC)cc1. The van der Waals surface area contributed by atoms with Crippen LogP contribution in [0.1, 0.15) is 35.5 Å². The number of hydrogen-bond acceptors (Lipinski definition) is 8. The van der Waals surface area contributed by atoms with Gasteiger partial charge in [0.05, 0.1) is 27.4 Å². The fourth-order valence-electron chi connectivity index (χ4n) is 3.72. The molecular weight excluding hydrogens is 494 g/mol. The van der Waals surface area contributed by atoms with E-state index in [0.29, 0.717) is 23.9 Å². The fraction of sp³-hybridized carbons (Fsp3) is 0.407. The summed E-state index contributed by atoms with van der Waals surface area (Å²) in [5, 5.41) is -0.969. The Morgan fingerprint density at radius 1 is 0.811 bits per heavy atom. The van der Waals surface area contributed by atoms with Gasteiger partial charge in [-0.05, 0) is 54.8 Å². The van der Waals surface area contributed by atoms with Crippen LogP contribution >= 0.6 is 0 Å². The first-order valence-corrected chi connectivity index (χ1v) is 13.4. The number of rotatable bonds is 14. The van der Waals surface area contributed by atoms with Gasteiger partial charge in [-0.2, -0.15) is 4.31 Å². The standard InChI is InChI=1S/C27H35N3O6S/c1-20-16-28-27(29-17-20)26(36-15-14-33-3)21(2)37(31,32)30(18-22-6-10-24(34-4)11-7-22)19-23-8-12-25(35-5)13-9-23/h6-13,16-17,21,26H,14-15,18-19H2,1-5H3. The van der Waals surface area contributed by atoms with E-state index in [9.17, 15) is 8.42 Å². The normalized spacial score (nSPS) is 13.4. The van der Waals surface area contributed by atoms with Crippen LogP contribution in [0.25, 0.3) is 0 Å². The zero-order valence-corrected chi connectivity index (χ0v) is 22.8. The lowest BCUT2D eigenvalue weighted by Crippen LogP contribution is -2.40. The highest BCUT2D eigenvalue weighted by Gasteiger charge is 2.37. The summed E-state index contributed by atoms with van der Waals surface area (Å²) < 4.78 is 51.3. The van der Waals surface area contributed by atoms with Crippen LogP contribution in [0, 0.1) is 6.92 Å². The van der Waals surface area contributed by atoms with Crippen LogP contribution in [-0.4, -0.2) is 62.5 Å². The number of ether oxygens (including phenoxy) is 4. The summed E-state index contributed by atoms with van der Waals surface area (Å²) in [5.74, 6) is 1.71. The average molecular weight is 530 g/mol. The first-order chi connectivity index (χ1) is 17.8. The predicted octanol–water partition coefficient (Wildman–Crippen LogP) is 3.93. The van der Waals surface area contributed by atoms with Crippen molar-refractivity contribution in [3.63, 3.8) is 0 Å². The van der Waals surface area contributed by atoms with E-state index in [1.54, 1.807) is 40.6 Å². The molecule has 0 spiro atoms. The van der Waals surface area contributed by atoms with E-state index in [2.05, 4.69) is 9.97 Å². The summed E-state index contributed by atoms with van der Waals surface area (Å²) in [6.07, 6.45) is 2.43. The van der Waals surface area contributed by atoms with E-state index in [0.717, 1.165) is 16.7 Å². The van der Waals surface area contributed by atoms with Crippen LogP contribution in [0.3, 0.4) is 0 Å². The van der Waals surface area contributed by atoms with Crippen molar-refractivity contribution in [1.29, 1.82) is 0 Å². The van der Waals surface area contributed by atoms with Crippen LogP contribution in [0.15, 0.2) is 60.9 Å². The number of hydrogen-bond donors (Lipinski definition) is 0. The Balaban J connectivity index is 1.95. The molecule has 37 heavy (non-hydrogen) atoms. The fourth-order valence-corrected chi connectivity index (χ4v) is 5.37. The number of nitrogens with zero attached hydrogens (tertiary/aromatic N) is 3. The molecule has 1 heterocycles. The molecule has 0 amide bonds. The molecular formula is C27H35N3O6S. The zero-order valence-electron chi connectivity index (χ0n) is 22.0. The Labute approximate surface area is 219 Å². The van der Waals surface area contributed by atoms with Crippen molar-refractivity contribution in [2.24, 2.45) is 0 Å². The predicted molar refractivity (Wildman–Crippen MR) is 141 cm³/mol. The summed E-state index contributed by atoms with van der Waals surface area (Å²) in [5.41, 5.74) is 2.53. The number of sulfonamides is 1. The van der Waals surface area contributed by atoms with E-state index >= 15 is 0 Å². The van der Waals surface area contributed by atoms with Crippen LogP contribution in [0.4, 0.5) is 0 Å². The third-order valence-corrected chi connectivity index (χ3v) is 8.10. The second-order valence-electron chi connectivity index (χ2n) is 8.62. The van der Waals surface area contributed by atoms with Gasteiger partial charge in [0, 0.05) is 32.6 Å². The highest BCUT2D eigenvalue weighted by Crippen LogP contribution is 2.28. The Hall–Kier alpha value is -3.05. The summed E-state index contributed by atoms with van der Waals surface area (Å²) in [6, 6.07) is 14.7. The zero-order chi connectivity index (χ0) is 26.8. The van der Waals surface area contributed by atoms with Crippen molar-refractivity contribution < 1.29 is 27.4 Å². The van der Waals surface area contributed by atoms with Crippen LogP contribution in [-0.2, 0) is 32.6 Å². The highest BCUT2D eigenvalue weighted by molar-refractivity contribution is 7.89. The molecule has 0 N–H and O–H groups in total. The summed E-state index contributed by atoms with van der Waals surface area (Å²) in [6.45, 7) is 4.36. The average Bonchev–Trinajstić information content (AvgIpc) is 2.92. The van der Waals surface area contributed by atoms with E-state index in [-0.39, 0.29) is 19.7 Å². The molecule has 2 unspecified atom stereocenters. The molecule has 9 nitrogen and oxygen atoms in total. The van der Waals surface area contributed by atoms with Gasteiger partial charge in [0.25, 0.3) is 0 Å². The Morgan fingerprint density at radius 3 is 1.73 bits per heavy atom. The molecule has 0 bridgehead atoms. The molecule has 0 aliphatic rings. The second kappa shape index (κ2) is 13.5. The Kier molecular flexibility index (Phi) is 10.4. The van der Waals surface area contributed by atoms with Crippen molar-refractivity contribution in [2.75, 3.05) is 34.5 Å². The van der Waals surface area contributed by atoms with Gasteiger partial charge < -0.3 is 18.9 Å². The Morgan fingerprint density at radius 2 is 1.30 bits per heavy atom. The molecule has 1 aromatic heterocycles. The minimum atomic E-state index is -3.90. The number of methoxy groups -OCH3 is 3. The molecule has 200 valence electrons. The molecule has 3 aromatic rings. The molecule has 0 saturated carbocycles. The van der Waals surface area contributed by atoms with Gasteiger partial charge in [-0.15, -0.1) is 0 Å². The quantitative estimate of drug-likeness (QED) is 0.290. The maximum atomic E-state index is 14.1. The van der Waals surface area contributed by atoms with Crippen molar-refractivity contribution in [3.05, 3.63) is 83.4 Å². The molecule has 0 aliphatic carbocycles. The number of aromatic nitrogens is 2. The molecule has 0 radical (unpaired) electrons. The van der Waals surface area contributed by atoms with Gasteiger partial charge in [0.2, 0.25) is 10.0 Å². The minimum absolute atomic E-state index is 0.169. The molecule has 3 rings (SSSR count). The highest BCUT2D eigenvalue weighted by atomic mass is 32.2. The number of aryl methyl sites for hydroxylation is 1. The molecule has 0 saturated heterocycles. The summed E-state index contributed by atoms with van der Waals surface area (Å²) in [7, 11) is 0.846. The molecule has 0 fully saturated rings. The number of benzene rings is 2. The van der Waals surface area contributed by atoms with Crippen molar-refractivity contribution in [3.8, 4) is 11.5 Å². The smallest absolute Gasteiger partial charge is 0.220 e. The lowest BCUT2D eigenvalue weighted by atomic mass is 10.2. The summed E-state index contributed by atoms with van der Waals surface area (Å²) in [4.78, 5) is 8.74. The van der Waals surface area contributed by atoms with Crippen molar-refractivity contribution in [2.45, 2.75) is 38.3 Å². The van der Waals surface area contributed by atoms with Gasteiger partial charge >= 0.3 is 0 Å². The van der Waals surface area contributed by atoms with Gasteiger partial charge in [-0.25, -0.2) is 18.4 Å². The lowest BCUT2D eigenvalue weighted by molar-refractivity contribution is 0.0110. The maximum Gasteiger partial charge on any atom is 0.220 e. The van der Waals surface area contributed by atoms with Crippen molar-refractivity contribution in [1.82, 2.24) is 14.3 Å². The molecule has 0 aliphatic heterocycles. The van der Waals surface area contributed by atoms with E-state index in [4.69, 9.17) is 18.9 Å². The van der Waals surface area contributed by atoms with E-state index in [1.165, 1.54) is 4.31 Å². The monoisotopic (exact) mass is 529 g/mol. The summed E-state index contributed by atoms with van der Waals surface area (Å²) >= 11 is 0. The van der Waals surface area contributed by atoms with Crippen LogP contribution < -0.4 is 9.47 Å². The molecule has 10 heteroatoms. The second-order valence-corrected chi connectivity index (χ2v) is 10.9. The van der Waals surface area contributed by atoms with Crippen LogP contribution in [0.2, 0.25) is 0 Å². The maximum absolute atomic E-state index is 14.1. The van der Waals surface area contributed by atoms with Gasteiger partial charge in [0.15, 0.2) is 5.82 Å². The van der Waals surface area contributed by atoms with E-state index < -0.39 is 21.4 Å². The molecule has 2 aromatic carbocycles. The van der Waals surface area contributed by atoms with Gasteiger partial charge in [-0.1, -0.05) is 24.3 Å². The molecule has 2 atom stereocenters. The Bertz CT molecular complexity index is 1150.